The molecule has 2 heterocycles. The van der Waals surface area contributed by atoms with E-state index in [0.29, 0.717) is 0 Å². The van der Waals surface area contributed by atoms with Crippen molar-refractivity contribution in [3.63, 3.8) is 0 Å². The van der Waals surface area contributed by atoms with Crippen LogP contribution in [0.3, 0.4) is 0 Å². The van der Waals surface area contributed by atoms with Crippen LogP contribution in [0.2, 0.25) is 0 Å². The van der Waals surface area contributed by atoms with Gasteiger partial charge < -0.3 is 15.1 Å². The molecule has 0 amide bonds. The van der Waals surface area contributed by atoms with Crippen molar-refractivity contribution >= 4 is 22.7 Å². The minimum atomic E-state index is -0.163. The molecular weight excluding hydrogens is 252 g/mol. The molecule has 4 heteroatoms. The SMILES string of the molecule is COn1c2c(c3ccccc31)[NH+]([O-])C1C=CC=CC1=C2. The van der Waals surface area contributed by atoms with Crippen molar-refractivity contribution in [2.45, 2.75) is 6.04 Å². The largest absolute Gasteiger partial charge is 0.628 e. The first-order valence-electron chi connectivity index (χ1n) is 6.60. The molecule has 2 atom stereocenters. The number of hydrogen-bond acceptors (Lipinski definition) is 2. The Morgan fingerprint density at radius 2 is 2.10 bits per heavy atom. The maximum Gasteiger partial charge on any atom is 0.168 e. The molecule has 2 aliphatic rings. The van der Waals surface area contributed by atoms with Gasteiger partial charge in [-0.15, -0.1) is 0 Å². The number of quaternary nitrogens is 1. The normalized spacial score (nSPS) is 23.4. The van der Waals surface area contributed by atoms with Crippen LogP contribution < -0.4 is 9.90 Å². The number of aromatic nitrogens is 1. The Morgan fingerprint density at radius 1 is 1.25 bits per heavy atom. The number of rotatable bonds is 1. The summed E-state index contributed by atoms with van der Waals surface area (Å²) in [7, 11) is 1.62. The van der Waals surface area contributed by atoms with Crippen LogP contribution in [0.4, 0.5) is 5.69 Å². The number of allylic oxidation sites excluding steroid dienone is 2. The summed E-state index contributed by atoms with van der Waals surface area (Å²) in [6.45, 7) is 0. The Labute approximate surface area is 116 Å². The van der Waals surface area contributed by atoms with E-state index in [9.17, 15) is 5.21 Å². The van der Waals surface area contributed by atoms with E-state index in [-0.39, 0.29) is 11.1 Å². The van der Waals surface area contributed by atoms with Crippen molar-refractivity contribution in [2.75, 3.05) is 7.11 Å². The van der Waals surface area contributed by atoms with E-state index in [1.54, 1.807) is 11.8 Å². The van der Waals surface area contributed by atoms with Gasteiger partial charge in [-0.1, -0.05) is 30.4 Å². The number of nitrogens with zero attached hydrogens (tertiary/aromatic N) is 1. The molecule has 0 fully saturated rings. The molecule has 0 bridgehead atoms. The van der Waals surface area contributed by atoms with E-state index in [1.807, 2.05) is 54.6 Å². The highest BCUT2D eigenvalue weighted by Gasteiger charge is 2.32. The van der Waals surface area contributed by atoms with Crippen LogP contribution in [0.15, 0.2) is 54.1 Å². The van der Waals surface area contributed by atoms with Gasteiger partial charge in [0, 0.05) is 5.57 Å². The lowest BCUT2D eigenvalue weighted by molar-refractivity contribution is -0.791. The third-order valence-electron chi connectivity index (χ3n) is 3.94. The highest BCUT2D eigenvalue weighted by molar-refractivity contribution is 5.95. The molecule has 1 aromatic heterocycles. The number of nitrogens with one attached hydrogen (secondary N) is 1. The maximum absolute atomic E-state index is 12.8. The molecule has 20 heavy (non-hydrogen) atoms. The summed E-state index contributed by atoms with van der Waals surface area (Å²) >= 11 is 0. The maximum atomic E-state index is 12.8. The fraction of sp³-hybridized carbons (Fsp3) is 0.125. The van der Waals surface area contributed by atoms with Gasteiger partial charge in [-0.2, -0.15) is 4.73 Å². The number of fused-ring (bicyclic) bond motifs is 4. The summed E-state index contributed by atoms with van der Waals surface area (Å²) in [5.74, 6) is 0. The number of hydrogen-bond donors (Lipinski definition) is 1. The summed E-state index contributed by atoms with van der Waals surface area (Å²) in [4.78, 5) is 5.47. The Bertz CT molecular complexity index is 783. The Kier molecular flexibility index (Phi) is 2.36. The number of hydroxylamine groups is 1. The zero-order valence-corrected chi connectivity index (χ0v) is 11.0. The topological polar surface area (TPSA) is 41.7 Å². The predicted molar refractivity (Wildman–Crippen MR) is 78.5 cm³/mol. The molecule has 0 saturated carbocycles. The van der Waals surface area contributed by atoms with Crippen LogP contribution in [0.25, 0.3) is 17.0 Å². The highest BCUT2D eigenvalue weighted by atomic mass is 16.6. The van der Waals surface area contributed by atoms with E-state index in [4.69, 9.17) is 4.84 Å². The van der Waals surface area contributed by atoms with E-state index in [0.717, 1.165) is 27.9 Å². The smallest absolute Gasteiger partial charge is 0.168 e. The first-order valence-corrected chi connectivity index (χ1v) is 6.60. The minimum absolute atomic E-state index is 0.144. The molecule has 2 aromatic rings. The van der Waals surface area contributed by atoms with Crippen molar-refractivity contribution in [1.29, 1.82) is 0 Å². The van der Waals surface area contributed by atoms with Gasteiger partial charge in [-0.05, 0) is 24.3 Å². The average molecular weight is 266 g/mol. The van der Waals surface area contributed by atoms with Gasteiger partial charge in [0.25, 0.3) is 0 Å². The zero-order chi connectivity index (χ0) is 13.7. The van der Waals surface area contributed by atoms with Crippen LogP contribution in [0.1, 0.15) is 5.69 Å². The lowest BCUT2D eigenvalue weighted by Crippen LogP contribution is -3.07. The molecule has 100 valence electrons. The molecule has 2 unspecified atom stereocenters. The lowest BCUT2D eigenvalue weighted by Gasteiger charge is -2.34. The Hall–Kier alpha value is -2.30. The summed E-state index contributed by atoms with van der Waals surface area (Å²) < 4.78 is 1.73. The van der Waals surface area contributed by atoms with E-state index < -0.39 is 0 Å². The number of para-hydroxylation sites is 1. The molecule has 1 aliphatic heterocycles. The van der Waals surface area contributed by atoms with Crippen molar-refractivity contribution in [3.05, 3.63) is 65.0 Å². The van der Waals surface area contributed by atoms with E-state index >= 15 is 0 Å². The summed E-state index contributed by atoms with van der Waals surface area (Å²) in [6.07, 6.45) is 9.88. The molecule has 0 saturated heterocycles. The van der Waals surface area contributed by atoms with Crippen LogP contribution in [-0.2, 0) is 0 Å². The van der Waals surface area contributed by atoms with E-state index in [1.165, 1.54) is 0 Å². The van der Waals surface area contributed by atoms with Gasteiger partial charge >= 0.3 is 0 Å². The standard InChI is InChI=1S/C16H14N2O2/c1-20-18-14-9-5-3-7-12(14)16-15(18)10-11-6-2-4-8-13(11)17(16)19/h2-10,13,17H,1H3. The van der Waals surface area contributed by atoms with E-state index in [2.05, 4.69) is 0 Å². The first kappa shape index (κ1) is 11.5. The number of benzene rings is 1. The summed E-state index contributed by atoms with van der Waals surface area (Å²) in [5.41, 5.74) is 3.55. The quantitative estimate of drug-likeness (QED) is 0.797. The van der Waals surface area contributed by atoms with Crippen LogP contribution in [-0.4, -0.2) is 17.9 Å². The molecule has 0 radical (unpaired) electrons. The Morgan fingerprint density at radius 3 is 2.95 bits per heavy atom. The van der Waals surface area contributed by atoms with Crippen molar-refractivity contribution < 1.29 is 9.90 Å². The van der Waals surface area contributed by atoms with Gasteiger partial charge in [0.05, 0.1) is 10.9 Å². The predicted octanol–water partition coefficient (Wildman–Crippen LogP) is 1.61. The zero-order valence-electron chi connectivity index (χ0n) is 11.0. The summed E-state index contributed by atoms with van der Waals surface area (Å²) in [5, 5.41) is 13.9. The Balaban J connectivity index is 2.08. The minimum Gasteiger partial charge on any atom is -0.628 e. The first-order chi connectivity index (χ1) is 9.81. The van der Waals surface area contributed by atoms with Crippen molar-refractivity contribution in [3.8, 4) is 0 Å². The summed E-state index contributed by atoms with van der Waals surface area (Å²) in [6, 6.07) is 7.68. The lowest BCUT2D eigenvalue weighted by atomic mass is 9.96. The second-order valence-corrected chi connectivity index (χ2v) is 4.98. The molecule has 1 aliphatic carbocycles. The van der Waals surface area contributed by atoms with Gasteiger partial charge in [0.15, 0.2) is 5.69 Å². The monoisotopic (exact) mass is 266 g/mol. The molecule has 1 aromatic carbocycles. The second-order valence-electron chi connectivity index (χ2n) is 4.98. The highest BCUT2D eigenvalue weighted by Crippen LogP contribution is 2.33. The van der Waals surface area contributed by atoms with Crippen LogP contribution in [0.5, 0.6) is 0 Å². The molecule has 1 N–H and O–H groups in total. The molecule has 4 nitrogen and oxygen atoms in total. The van der Waals surface area contributed by atoms with Gasteiger partial charge in [-0.25, -0.2) is 0 Å². The van der Waals surface area contributed by atoms with Crippen LogP contribution in [0, 0.1) is 5.21 Å². The average Bonchev–Trinajstić information content (AvgIpc) is 2.81. The fourth-order valence-corrected chi connectivity index (χ4v) is 3.06. The second kappa shape index (κ2) is 4.10. The van der Waals surface area contributed by atoms with Crippen molar-refractivity contribution in [1.82, 2.24) is 4.73 Å². The van der Waals surface area contributed by atoms with Gasteiger partial charge in [0.1, 0.15) is 18.8 Å². The molecular formula is C16H14N2O2. The van der Waals surface area contributed by atoms with Gasteiger partial charge in [-0.3, -0.25) is 0 Å². The van der Waals surface area contributed by atoms with Crippen LogP contribution >= 0.6 is 0 Å². The van der Waals surface area contributed by atoms with Crippen molar-refractivity contribution in [2.24, 2.45) is 0 Å². The third kappa shape index (κ3) is 1.37. The molecule has 0 spiro atoms. The fourth-order valence-electron chi connectivity index (χ4n) is 3.06. The molecule has 4 rings (SSSR count). The third-order valence-corrected chi connectivity index (χ3v) is 3.94. The van der Waals surface area contributed by atoms with Gasteiger partial charge in [0.2, 0.25) is 0 Å².